The molecule has 3 aromatic carbocycles. The van der Waals surface area contributed by atoms with Gasteiger partial charge in [0.05, 0.1) is 5.69 Å². The fourth-order valence-corrected chi connectivity index (χ4v) is 5.07. The summed E-state index contributed by atoms with van der Waals surface area (Å²) in [7, 11) is 4.08. The van der Waals surface area contributed by atoms with Gasteiger partial charge in [0.1, 0.15) is 21.5 Å². The molecule has 0 aliphatic heterocycles. The molecule has 0 aliphatic rings. The highest BCUT2D eigenvalue weighted by Gasteiger charge is 2.19. The Balaban J connectivity index is 1.47. The third kappa shape index (κ3) is 6.39. The molecule has 0 unspecified atom stereocenters. The van der Waals surface area contributed by atoms with E-state index < -0.39 is 0 Å². The first-order valence-corrected chi connectivity index (χ1v) is 14.0. The zero-order valence-corrected chi connectivity index (χ0v) is 23.6. The molecule has 0 fully saturated rings. The summed E-state index contributed by atoms with van der Waals surface area (Å²) in [6.07, 6.45) is 0. The lowest BCUT2D eigenvalue weighted by atomic mass is 10.1. The number of aromatic nitrogens is 4. The number of hydrogen-bond donors (Lipinski definition) is 1. The number of nitrogens with one attached hydrogen (secondary N) is 1. The number of nitrogens with zero attached hydrogens (tertiary/aromatic N) is 6. The van der Waals surface area contributed by atoms with E-state index in [1.165, 1.54) is 11.3 Å². The summed E-state index contributed by atoms with van der Waals surface area (Å²) >= 11 is 1.48. The number of benzene rings is 3. The first-order valence-electron chi connectivity index (χ1n) is 13.2. The number of likely N-dealkylation sites (N-methyl/N-ethyl adjacent to an activating group) is 2. The van der Waals surface area contributed by atoms with E-state index in [0.717, 1.165) is 46.3 Å². The summed E-state index contributed by atoms with van der Waals surface area (Å²) < 4.78 is 0. The summed E-state index contributed by atoms with van der Waals surface area (Å²) in [4.78, 5) is 27.5. The second kappa shape index (κ2) is 12.6. The Morgan fingerprint density at radius 1 is 0.800 bits per heavy atom. The van der Waals surface area contributed by atoms with Crippen LogP contribution in [-0.2, 0) is 0 Å². The largest absolute Gasteiger partial charge is 0.355 e. The number of para-hydroxylation sites is 1. The maximum Gasteiger partial charge on any atom is 0.274 e. The maximum absolute atomic E-state index is 13.7. The fraction of sp³-hybridized carbons (Fsp3) is 0.194. The molecule has 202 valence electrons. The molecule has 9 heteroatoms. The molecule has 0 saturated carbocycles. The highest BCUT2D eigenvalue weighted by Crippen LogP contribution is 2.34. The van der Waals surface area contributed by atoms with Gasteiger partial charge in [0, 0.05) is 42.4 Å². The number of amides is 1. The second-order valence-electron chi connectivity index (χ2n) is 9.46. The van der Waals surface area contributed by atoms with Gasteiger partial charge in [-0.15, -0.1) is 10.2 Å². The molecule has 0 aliphatic carbocycles. The van der Waals surface area contributed by atoms with E-state index in [4.69, 9.17) is 4.98 Å². The van der Waals surface area contributed by atoms with Crippen LogP contribution in [0.25, 0.3) is 32.5 Å². The Morgan fingerprint density at radius 3 is 2.15 bits per heavy atom. The van der Waals surface area contributed by atoms with Gasteiger partial charge in [0.25, 0.3) is 5.91 Å². The lowest BCUT2D eigenvalue weighted by Gasteiger charge is -2.24. The van der Waals surface area contributed by atoms with Gasteiger partial charge in [-0.05, 0) is 33.2 Å². The lowest BCUT2D eigenvalue weighted by Crippen LogP contribution is -2.32. The van der Waals surface area contributed by atoms with Crippen molar-refractivity contribution >= 4 is 28.7 Å². The molecule has 5 rings (SSSR count). The minimum Gasteiger partial charge on any atom is -0.355 e. The third-order valence-electron chi connectivity index (χ3n) is 6.35. The molecular formula is C31H31N7OS. The number of carbonyl (C=O) groups excluding carboxylic acids is 1. The van der Waals surface area contributed by atoms with Crippen molar-refractivity contribution in [3.05, 3.63) is 96.7 Å². The van der Waals surface area contributed by atoms with E-state index >= 15 is 0 Å². The van der Waals surface area contributed by atoms with Gasteiger partial charge >= 0.3 is 0 Å². The molecule has 40 heavy (non-hydrogen) atoms. The standard InChI is InChI=1S/C31H31N7OS/c1-4-38(20-19-37(2)3)27-21-26(32-28(34-27)22-13-7-5-8-14-22)29(39)33-25-18-12-11-17-24(25)31-36-35-30(40-31)23-15-9-6-10-16-23/h5-18,21H,4,19-20H2,1-3H3,(H,33,39). The van der Waals surface area contributed by atoms with Crippen LogP contribution < -0.4 is 10.2 Å². The third-order valence-corrected chi connectivity index (χ3v) is 7.36. The number of hydrogen-bond acceptors (Lipinski definition) is 8. The second-order valence-corrected chi connectivity index (χ2v) is 10.4. The smallest absolute Gasteiger partial charge is 0.274 e. The number of rotatable bonds is 10. The summed E-state index contributed by atoms with van der Waals surface area (Å²) in [6.45, 7) is 4.48. The van der Waals surface area contributed by atoms with Gasteiger partial charge in [-0.3, -0.25) is 4.79 Å². The highest BCUT2D eigenvalue weighted by molar-refractivity contribution is 7.18. The summed E-state index contributed by atoms with van der Waals surface area (Å²) in [5.41, 5.74) is 3.59. The monoisotopic (exact) mass is 549 g/mol. The van der Waals surface area contributed by atoms with E-state index in [0.29, 0.717) is 23.0 Å². The van der Waals surface area contributed by atoms with E-state index in [9.17, 15) is 4.79 Å². The minimum atomic E-state index is -0.315. The summed E-state index contributed by atoms with van der Waals surface area (Å²) in [5.74, 6) is 0.912. The quantitative estimate of drug-likeness (QED) is 0.230. The van der Waals surface area contributed by atoms with Crippen LogP contribution in [0.15, 0.2) is 91.0 Å². The van der Waals surface area contributed by atoms with Crippen LogP contribution in [0.3, 0.4) is 0 Å². The molecule has 1 amide bonds. The minimum absolute atomic E-state index is 0.296. The zero-order valence-electron chi connectivity index (χ0n) is 22.8. The lowest BCUT2D eigenvalue weighted by molar-refractivity contribution is 0.102. The van der Waals surface area contributed by atoms with E-state index in [1.54, 1.807) is 6.07 Å². The van der Waals surface area contributed by atoms with Crippen LogP contribution in [-0.4, -0.2) is 64.7 Å². The predicted octanol–water partition coefficient (Wildman–Crippen LogP) is 5.97. The van der Waals surface area contributed by atoms with E-state index in [2.05, 4.69) is 37.2 Å². The van der Waals surface area contributed by atoms with Gasteiger partial charge in [0.2, 0.25) is 0 Å². The normalized spacial score (nSPS) is 11.0. The Kier molecular flexibility index (Phi) is 8.53. The number of anilines is 2. The number of carbonyl (C=O) groups is 1. The summed E-state index contributed by atoms with van der Waals surface area (Å²) in [6, 6.07) is 29.1. The molecule has 8 nitrogen and oxygen atoms in total. The van der Waals surface area contributed by atoms with Gasteiger partial charge < -0.3 is 15.1 Å². The average Bonchev–Trinajstić information content (AvgIpc) is 3.49. The Labute approximate surface area is 238 Å². The van der Waals surface area contributed by atoms with Gasteiger partial charge in [-0.25, -0.2) is 9.97 Å². The highest BCUT2D eigenvalue weighted by atomic mass is 32.1. The molecule has 0 radical (unpaired) electrons. The average molecular weight is 550 g/mol. The van der Waals surface area contributed by atoms with Gasteiger partial charge in [0.15, 0.2) is 5.82 Å². The van der Waals surface area contributed by atoms with Crippen molar-refractivity contribution in [3.63, 3.8) is 0 Å². The molecule has 1 N–H and O–H groups in total. The molecule has 0 atom stereocenters. The van der Waals surface area contributed by atoms with Crippen LogP contribution in [0.2, 0.25) is 0 Å². The Hall–Kier alpha value is -4.47. The maximum atomic E-state index is 13.7. The van der Waals surface area contributed by atoms with Crippen LogP contribution in [0.4, 0.5) is 11.5 Å². The Bertz CT molecular complexity index is 1570. The van der Waals surface area contributed by atoms with Crippen molar-refractivity contribution in [2.75, 3.05) is 43.9 Å². The van der Waals surface area contributed by atoms with Crippen LogP contribution >= 0.6 is 11.3 Å². The SMILES string of the molecule is CCN(CCN(C)C)c1cc(C(=O)Nc2ccccc2-c2nnc(-c3ccccc3)s2)nc(-c2ccccc2)n1. The molecule has 5 aromatic rings. The zero-order chi connectivity index (χ0) is 27.9. The Morgan fingerprint density at radius 2 is 1.45 bits per heavy atom. The topological polar surface area (TPSA) is 87.1 Å². The molecule has 2 heterocycles. The molecule has 0 bridgehead atoms. The van der Waals surface area contributed by atoms with E-state index in [1.807, 2.05) is 99.0 Å². The van der Waals surface area contributed by atoms with Crippen molar-refractivity contribution in [3.8, 4) is 32.5 Å². The van der Waals surface area contributed by atoms with Crippen molar-refractivity contribution in [1.29, 1.82) is 0 Å². The molecular weight excluding hydrogens is 518 g/mol. The molecule has 0 saturated heterocycles. The van der Waals surface area contributed by atoms with Gasteiger partial charge in [-0.1, -0.05) is 84.1 Å². The first kappa shape index (κ1) is 27.1. The van der Waals surface area contributed by atoms with Crippen molar-refractivity contribution < 1.29 is 4.79 Å². The fourth-order valence-electron chi connectivity index (χ4n) is 4.18. The van der Waals surface area contributed by atoms with Crippen molar-refractivity contribution in [2.24, 2.45) is 0 Å². The first-order chi connectivity index (χ1) is 19.5. The van der Waals surface area contributed by atoms with E-state index in [-0.39, 0.29) is 5.91 Å². The van der Waals surface area contributed by atoms with Crippen molar-refractivity contribution in [1.82, 2.24) is 25.1 Å². The molecule has 2 aromatic heterocycles. The van der Waals surface area contributed by atoms with Crippen molar-refractivity contribution in [2.45, 2.75) is 6.92 Å². The molecule has 0 spiro atoms. The summed E-state index contributed by atoms with van der Waals surface area (Å²) in [5, 5.41) is 13.4. The van der Waals surface area contributed by atoms with Crippen LogP contribution in [0.5, 0.6) is 0 Å². The predicted molar refractivity (Wildman–Crippen MR) is 163 cm³/mol. The van der Waals surface area contributed by atoms with Gasteiger partial charge in [-0.2, -0.15) is 0 Å². The van der Waals surface area contributed by atoms with Crippen LogP contribution in [0.1, 0.15) is 17.4 Å². The van der Waals surface area contributed by atoms with Crippen LogP contribution in [0, 0.1) is 0 Å².